The van der Waals surface area contributed by atoms with Gasteiger partial charge in [-0.25, -0.2) is 4.79 Å². The number of thiophene rings is 1. The summed E-state index contributed by atoms with van der Waals surface area (Å²) in [6, 6.07) is 11.8. The highest BCUT2D eigenvalue weighted by Gasteiger charge is 2.28. The Morgan fingerprint density at radius 2 is 2.12 bits per heavy atom. The average Bonchev–Trinajstić information content (AvgIpc) is 3.21. The van der Waals surface area contributed by atoms with Gasteiger partial charge in [0.1, 0.15) is 5.69 Å². The monoisotopic (exact) mass is 367 g/mol. The van der Waals surface area contributed by atoms with Gasteiger partial charge in [0.2, 0.25) is 0 Å². The summed E-state index contributed by atoms with van der Waals surface area (Å²) in [5.74, 6) is 0.590. The molecule has 26 heavy (non-hydrogen) atoms. The van der Waals surface area contributed by atoms with Crippen LogP contribution in [0.2, 0.25) is 0 Å². The highest BCUT2D eigenvalue weighted by molar-refractivity contribution is 7.09. The molecule has 0 unspecified atom stereocenters. The molecule has 2 amide bonds. The number of carbonyl (C=O) groups is 1. The van der Waals surface area contributed by atoms with Crippen molar-refractivity contribution in [3.05, 3.63) is 58.5 Å². The lowest BCUT2D eigenvalue weighted by Gasteiger charge is -2.09. The summed E-state index contributed by atoms with van der Waals surface area (Å²) in [6.07, 6.45) is 4.20. The molecule has 4 rings (SSSR count). The molecule has 3 heterocycles. The highest BCUT2D eigenvalue weighted by Crippen LogP contribution is 2.41. The fourth-order valence-electron chi connectivity index (χ4n) is 2.88. The molecule has 134 valence electrons. The van der Waals surface area contributed by atoms with Gasteiger partial charge in [0.25, 0.3) is 0 Å². The first kappa shape index (κ1) is 16.8. The van der Waals surface area contributed by atoms with Gasteiger partial charge in [0, 0.05) is 29.2 Å². The Labute approximate surface area is 156 Å². The van der Waals surface area contributed by atoms with Crippen LogP contribution in [0.15, 0.2) is 48.0 Å². The number of pyridine rings is 1. The Bertz CT molecular complexity index is 855. The number of hydrogen-bond acceptors (Lipinski definition) is 4. The normalized spacial score (nSPS) is 13.5. The highest BCUT2D eigenvalue weighted by atomic mass is 32.1. The Hall–Kier alpha value is -2.67. The van der Waals surface area contributed by atoms with Crippen molar-refractivity contribution >= 4 is 17.4 Å². The molecule has 0 atom stereocenters. The predicted octanol–water partition coefficient (Wildman–Crippen LogP) is 3.38. The van der Waals surface area contributed by atoms with Crippen molar-refractivity contribution in [2.24, 2.45) is 0 Å². The van der Waals surface area contributed by atoms with Crippen LogP contribution in [0.25, 0.3) is 11.4 Å². The van der Waals surface area contributed by atoms with E-state index in [0.717, 1.165) is 16.3 Å². The van der Waals surface area contributed by atoms with E-state index in [4.69, 9.17) is 5.10 Å². The van der Waals surface area contributed by atoms with E-state index in [2.05, 4.69) is 21.7 Å². The second-order valence-electron chi connectivity index (χ2n) is 6.36. The van der Waals surface area contributed by atoms with Crippen molar-refractivity contribution in [2.45, 2.75) is 31.8 Å². The molecule has 0 spiro atoms. The smallest absolute Gasteiger partial charge is 0.315 e. The predicted molar refractivity (Wildman–Crippen MR) is 102 cm³/mol. The molecule has 1 saturated carbocycles. The van der Waals surface area contributed by atoms with E-state index in [9.17, 15) is 4.79 Å². The number of urea groups is 1. The number of rotatable bonds is 7. The van der Waals surface area contributed by atoms with Crippen LogP contribution < -0.4 is 10.6 Å². The third-order valence-corrected chi connectivity index (χ3v) is 5.22. The van der Waals surface area contributed by atoms with Crippen LogP contribution >= 0.6 is 11.3 Å². The molecule has 2 N–H and O–H groups in total. The van der Waals surface area contributed by atoms with Crippen LogP contribution in [-0.4, -0.2) is 27.3 Å². The summed E-state index contributed by atoms with van der Waals surface area (Å²) in [7, 11) is 0. The summed E-state index contributed by atoms with van der Waals surface area (Å²) < 4.78 is 2.02. The van der Waals surface area contributed by atoms with E-state index in [1.807, 2.05) is 40.4 Å². The minimum atomic E-state index is -0.150. The van der Waals surface area contributed by atoms with Gasteiger partial charge < -0.3 is 10.6 Å². The number of amides is 2. The Kier molecular flexibility index (Phi) is 4.97. The van der Waals surface area contributed by atoms with E-state index < -0.39 is 0 Å². The maximum atomic E-state index is 11.9. The van der Waals surface area contributed by atoms with Gasteiger partial charge >= 0.3 is 6.03 Å². The second-order valence-corrected chi connectivity index (χ2v) is 7.39. The van der Waals surface area contributed by atoms with Crippen LogP contribution in [0.4, 0.5) is 4.79 Å². The lowest BCUT2D eigenvalue weighted by Crippen LogP contribution is -2.36. The van der Waals surface area contributed by atoms with Gasteiger partial charge in [-0.3, -0.25) is 9.67 Å². The van der Waals surface area contributed by atoms with Gasteiger partial charge in [-0.1, -0.05) is 12.1 Å². The van der Waals surface area contributed by atoms with E-state index in [1.165, 1.54) is 18.5 Å². The summed E-state index contributed by atoms with van der Waals surface area (Å²) in [5, 5.41) is 12.5. The molecule has 0 aliphatic heterocycles. The van der Waals surface area contributed by atoms with Crippen LogP contribution in [0.1, 0.15) is 29.3 Å². The zero-order chi connectivity index (χ0) is 17.8. The Balaban J connectivity index is 1.34. The second kappa shape index (κ2) is 7.70. The molecule has 7 heteroatoms. The largest absolute Gasteiger partial charge is 0.336 e. The Morgan fingerprint density at radius 3 is 2.85 bits per heavy atom. The van der Waals surface area contributed by atoms with E-state index in [1.54, 1.807) is 17.5 Å². The van der Waals surface area contributed by atoms with Crippen molar-refractivity contribution in [3.63, 3.8) is 0 Å². The topological polar surface area (TPSA) is 71.8 Å². The quantitative estimate of drug-likeness (QED) is 0.672. The summed E-state index contributed by atoms with van der Waals surface area (Å²) >= 11 is 1.64. The molecule has 3 aromatic rings. The summed E-state index contributed by atoms with van der Waals surface area (Å²) in [4.78, 5) is 17.5. The molecule has 6 nitrogen and oxygen atoms in total. The van der Waals surface area contributed by atoms with Crippen molar-refractivity contribution in [2.75, 3.05) is 6.54 Å². The van der Waals surface area contributed by atoms with Crippen molar-refractivity contribution < 1.29 is 4.79 Å². The molecule has 1 aliphatic carbocycles. The van der Waals surface area contributed by atoms with Crippen LogP contribution in [-0.2, 0) is 13.1 Å². The SMILES string of the molecule is O=C(NCCn1nc(-c2ccccn2)cc1C1CC1)NCc1cccs1. The van der Waals surface area contributed by atoms with E-state index in [0.29, 0.717) is 25.6 Å². The van der Waals surface area contributed by atoms with E-state index >= 15 is 0 Å². The first-order valence-corrected chi connectivity index (χ1v) is 9.71. The van der Waals surface area contributed by atoms with Crippen LogP contribution in [0, 0.1) is 0 Å². The number of aromatic nitrogens is 3. The average molecular weight is 367 g/mol. The van der Waals surface area contributed by atoms with Gasteiger partial charge in [-0.2, -0.15) is 5.10 Å². The van der Waals surface area contributed by atoms with Crippen molar-refractivity contribution in [1.82, 2.24) is 25.4 Å². The number of nitrogens with zero attached hydrogens (tertiary/aromatic N) is 3. The van der Waals surface area contributed by atoms with Crippen molar-refractivity contribution in [1.29, 1.82) is 0 Å². The standard InChI is InChI=1S/C19H21N5OS/c25-19(22-13-15-4-3-11-26-15)21-9-10-24-18(14-6-7-14)12-17(23-24)16-5-1-2-8-20-16/h1-5,8,11-12,14H,6-7,9-10,13H2,(H2,21,22,25). The molecular formula is C19H21N5OS. The maximum absolute atomic E-state index is 11.9. The number of hydrogen-bond donors (Lipinski definition) is 2. The summed E-state index contributed by atoms with van der Waals surface area (Å²) in [6.45, 7) is 1.76. The van der Waals surface area contributed by atoms with Crippen molar-refractivity contribution in [3.8, 4) is 11.4 Å². The van der Waals surface area contributed by atoms with E-state index in [-0.39, 0.29) is 6.03 Å². The van der Waals surface area contributed by atoms with Gasteiger partial charge in [-0.15, -0.1) is 11.3 Å². The minimum absolute atomic E-state index is 0.150. The molecular weight excluding hydrogens is 346 g/mol. The third kappa shape index (κ3) is 4.11. The first-order valence-electron chi connectivity index (χ1n) is 8.83. The van der Waals surface area contributed by atoms with Gasteiger partial charge in [-0.05, 0) is 42.5 Å². The maximum Gasteiger partial charge on any atom is 0.315 e. The minimum Gasteiger partial charge on any atom is -0.336 e. The fourth-order valence-corrected chi connectivity index (χ4v) is 3.52. The number of carbonyl (C=O) groups excluding carboxylic acids is 1. The van der Waals surface area contributed by atoms with Crippen LogP contribution in [0.5, 0.6) is 0 Å². The molecule has 0 radical (unpaired) electrons. The summed E-state index contributed by atoms with van der Waals surface area (Å²) in [5.41, 5.74) is 3.02. The third-order valence-electron chi connectivity index (χ3n) is 4.35. The fraction of sp³-hybridized carbons (Fsp3) is 0.316. The first-order chi connectivity index (χ1) is 12.8. The lowest BCUT2D eigenvalue weighted by atomic mass is 10.2. The molecule has 3 aromatic heterocycles. The zero-order valence-electron chi connectivity index (χ0n) is 14.4. The molecule has 0 bridgehead atoms. The lowest BCUT2D eigenvalue weighted by molar-refractivity contribution is 0.240. The van der Waals surface area contributed by atoms with Crippen LogP contribution in [0.3, 0.4) is 0 Å². The molecule has 0 saturated heterocycles. The Morgan fingerprint density at radius 1 is 1.19 bits per heavy atom. The van der Waals surface area contributed by atoms with Gasteiger partial charge in [0.15, 0.2) is 0 Å². The van der Waals surface area contributed by atoms with Gasteiger partial charge in [0.05, 0.1) is 18.8 Å². The number of nitrogens with one attached hydrogen (secondary N) is 2. The molecule has 1 aliphatic rings. The zero-order valence-corrected chi connectivity index (χ0v) is 15.2. The molecule has 1 fully saturated rings. The molecule has 0 aromatic carbocycles.